The third-order valence-corrected chi connectivity index (χ3v) is 2.52. The van der Waals surface area contributed by atoms with E-state index in [0.717, 1.165) is 0 Å². The highest BCUT2D eigenvalue weighted by molar-refractivity contribution is 5.84. The first kappa shape index (κ1) is 11.8. The Kier molecular flexibility index (Phi) is 2.67. The number of hydrogen-bond donors (Lipinski definition) is 1. The zero-order chi connectivity index (χ0) is 11.9. The molecule has 0 saturated carbocycles. The van der Waals surface area contributed by atoms with Crippen molar-refractivity contribution in [2.45, 2.75) is 19.5 Å². The third-order valence-electron chi connectivity index (χ3n) is 2.52. The van der Waals surface area contributed by atoms with Gasteiger partial charge < -0.3 is 10.0 Å². The Labute approximate surface area is 83.7 Å². The Balaban J connectivity index is 2.73. The van der Waals surface area contributed by atoms with Gasteiger partial charge in [0.1, 0.15) is 0 Å². The molecule has 0 aliphatic carbocycles. The van der Waals surface area contributed by atoms with Gasteiger partial charge in [0.25, 0.3) is 0 Å². The Morgan fingerprint density at radius 2 is 1.93 bits per heavy atom. The van der Waals surface area contributed by atoms with Gasteiger partial charge >= 0.3 is 18.1 Å². The fourth-order valence-electron chi connectivity index (χ4n) is 1.49. The van der Waals surface area contributed by atoms with Crippen LogP contribution in [0.4, 0.5) is 13.2 Å². The second-order valence-electron chi connectivity index (χ2n) is 3.84. The highest BCUT2D eigenvalue weighted by Gasteiger charge is 2.49. The van der Waals surface area contributed by atoms with Gasteiger partial charge in [-0.15, -0.1) is 0 Å². The van der Waals surface area contributed by atoms with Crippen LogP contribution in [-0.4, -0.2) is 41.1 Å². The molecule has 4 nitrogen and oxygen atoms in total. The van der Waals surface area contributed by atoms with E-state index in [2.05, 4.69) is 0 Å². The van der Waals surface area contributed by atoms with Crippen LogP contribution in [0, 0.1) is 5.41 Å². The highest BCUT2D eigenvalue weighted by Crippen LogP contribution is 2.32. The molecule has 1 amide bonds. The van der Waals surface area contributed by atoms with Crippen molar-refractivity contribution in [3.8, 4) is 0 Å². The topological polar surface area (TPSA) is 57.6 Å². The maximum atomic E-state index is 12.0. The number of carbonyl (C=O) groups is 2. The average Bonchev–Trinajstić information content (AvgIpc) is 2.46. The molecule has 0 aromatic rings. The van der Waals surface area contributed by atoms with Crippen LogP contribution in [0.3, 0.4) is 0 Å². The molecule has 0 aromatic carbocycles. The van der Waals surface area contributed by atoms with Gasteiger partial charge in [-0.2, -0.15) is 13.2 Å². The van der Waals surface area contributed by atoms with Gasteiger partial charge in [-0.3, -0.25) is 9.59 Å². The summed E-state index contributed by atoms with van der Waals surface area (Å²) in [6.45, 7) is 0.779. The molecular formula is C8H10F3NO3. The number of alkyl halides is 3. The zero-order valence-corrected chi connectivity index (χ0v) is 7.97. The number of carboxylic acids is 1. The van der Waals surface area contributed by atoms with Gasteiger partial charge in [0.05, 0.1) is 5.41 Å². The van der Waals surface area contributed by atoms with Crippen LogP contribution in [0.25, 0.3) is 0 Å². The van der Waals surface area contributed by atoms with Crippen LogP contribution in [0.2, 0.25) is 0 Å². The second kappa shape index (κ2) is 3.39. The lowest BCUT2D eigenvalue weighted by atomic mass is 9.90. The van der Waals surface area contributed by atoms with E-state index in [0.29, 0.717) is 4.90 Å². The van der Waals surface area contributed by atoms with E-state index in [-0.39, 0.29) is 19.5 Å². The van der Waals surface area contributed by atoms with Crippen molar-refractivity contribution in [2.75, 3.05) is 13.1 Å². The third kappa shape index (κ3) is 2.21. The van der Waals surface area contributed by atoms with E-state index in [1.165, 1.54) is 6.92 Å². The minimum Gasteiger partial charge on any atom is -0.481 e. The standard InChI is InChI=1S/C8H10F3NO3/c1-7(6(14)15)2-3-12(4-7)5(13)8(9,10)11/h2-4H2,1H3,(H,14,15). The van der Waals surface area contributed by atoms with Gasteiger partial charge in [0.2, 0.25) is 0 Å². The lowest BCUT2D eigenvalue weighted by molar-refractivity contribution is -0.184. The van der Waals surface area contributed by atoms with Gasteiger partial charge in [-0.1, -0.05) is 0 Å². The predicted molar refractivity (Wildman–Crippen MR) is 43.0 cm³/mol. The number of carbonyl (C=O) groups excluding carboxylic acids is 1. The molecule has 1 rings (SSSR count). The first-order valence-corrected chi connectivity index (χ1v) is 4.26. The van der Waals surface area contributed by atoms with Crippen molar-refractivity contribution >= 4 is 11.9 Å². The number of carboxylic acid groups (broad SMARTS) is 1. The maximum absolute atomic E-state index is 12.0. The Bertz CT molecular complexity index is 302. The molecular weight excluding hydrogens is 215 g/mol. The molecule has 1 atom stereocenters. The van der Waals surface area contributed by atoms with Crippen molar-refractivity contribution in [1.29, 1.82) is 0 Å². The minimum atomic E-state index is -4.93. The van der Waals surface area contributed by atoms with Crippen molar-refractivity contribution in [2.24, 2.45) is 5.41 Å². The maximum Gasteiger partial charge on any atom is 0.471 e. The van der Waals surface area contributed by atoms with E-state index in [1.807, 2.05) is 0 Å². The first-order valence-electron chi connectivity index (χ1n) is 4.26. The normalized spacial score (nSPS) is 26.8. The number of rotatable bonds is 1. The van der Waals surface area contributed by atoms with Crippen molar-refractivity contribution in [1.82, 2.24) is 4.90 Å². The summed E-state index contributed by atoms with van der Waals surface area (Å²) in [5, 5.41) is 8.76. The lowest BCUT2D eigenvalue weighted by Gasteiger charge is -2.20. The predicted octanol–water partition coefficient (Wildman–Crippen LogP) is 0.872. The molecule has 7 heteroatoms. The van der Waals surface area contributed by atoms with Crippen LogP contribution in [0.15, 0.2) is 0 Å². The number of hydrogen-bond acceptors (Lipinski definition) is 2. The smallest absolute Gasteiger partial charge is 0.471 e. The van der Waals surface area contributed by atoms with Crippen LogP contribution in [0.5, 0.6) is 0 Å². The van der Waals surface area contributed by atoms with E-state index in [1.54, 1.807) is 0 Å². The molecule has 0 aromatic heterocycles. The van der Waals surface area contributed by atoms with Crippen molar-refractivity contribution in [3.05, 3.63) is 0 Å². The lowest BCUT2D eigenvalue weighted by Crippen LogP contribution is -2.41. The van der Waals surface area contributed by atoms with Crippen LogP contribution < -0.4 is 0 Å². The molecule has 86 valence electrons. The second-order valence-corrected chi connectivity index (χ2v) is 3.84. The molecule has 0 bridgehead atoms. The molecule has 1 heterocycles. The molecule has 15 heavy (non-hydrogen) atoms. The van der Waals surface area contributed by atoms with Gasteiger partial charge in [-0.05, 0) is 13.3 Å². The summed E-state index contributed by atoms with van der Waals surface area (Å²) in [6, 6.07) is 0. The largest absolute Gasteiger partial charge is 0.481 e. The monoisotopic (exact) mass is 225 g/mol. The van der Waals surface area contributed by atoms with Gasteiger partial charge in [0, 0.05) is 13.1 Å². The molecule has 1 N–H and O–H groups in total. The summed E-state index contributed by atoms with van der Waals surface area (Å²) < 4.78 is 36.0. The SMILES string of the molecule is CC1(C(=O)O)CCN(C(=O)C(F)(F)F)C1. The summed E-state index contributed by atoms with van der Waals surface area (Å²) in [4.78, 5) is 22.0. The van der Waals surface area contributed by atoms with E-state index >= 15 is 0 Å². The minimum absolute atomic E-state index is 0.0458. The molecule has 0 spiro atoms. The summed E-state index contributed by atoms with van der Waals surface area (Å²) in [5.74, 6) is -3.15. The zero-order valence-electron chi connectivity index (χ0n) is 7.97. The van der Waals surface area contributed by atoms with Gasteiger partial charge in [0.15, 0.2) is 0 Å². The Morgan fingerprint density at radius 3 is 2.27 bits per heavy atom. The average molecular weight is 225 g/mol. The molecule has 0 radical (unpaired) electrons. The number of aliphatic carboxylic acids is 1. The molecule has 1 saturated heterocycles. The molecule has 1 aliphatic heterocycles. The first-order chi connectivity index (χ1) is 6.67. The molecule has 1 aliphatic rings. The summed E-state index contributed by atoms with van der Waals surface area (Å²) >= 11 is 0. The Hall–Kier alpha value is -1.27. The molecule has 1 fully saturated rings. The highest BCUT2D eigenvalue weighted by atomic mass is 19.4. The van der Waals surface area contributed by atoms with E-state index in [4.69, 9.17) is 5.11 Å². The number of amides is 1. The number of nitrogens with zero attached hydrogens (tertiary/aromatic N) is 1. The number of halogens is 3. The van der Waals surface area contributed by atoms with Crippen molar-refractivity contribution in [3.63, 3.8) is 0 Å². The van der Waals surface area contributed by atoms with E-state index < -0.39 is 23.5 Å². The van der Waals surface area contributed by atoms with Gasteiger partial charge in [-0.25, -0.2) is 0 Å². The Morgan fingerprint density at radius 1 is 1.40 bits per heavy atom. The fourth-order valence-corrected chi connectivity index (χ4v) is 1.49. The molecule has 1 unspecified atom stereocenters. The number of likely N-dealkylation sites (tertiary alicyclic amines) is 1. The van der Waals surface area contributed by atoms with Crippen LogP contribution in [-0.2, 0) is 9.59 Å². The fraction of sp³-hybridized carbons (Fsp3) is 0.750. The quantitative estimate of drug-likeness (QED) is 0.720. The summed E-state index contributed by atoms with van der Waals surface area (Å²) in [7, 11) is 0. The summed E-state index contributed by atoms with van der Waals surface area (Å²) in [5.41, 5.74) is -1.26. The summed E-state index contributed by atoms with van der Waals surface area (Å²) in [6.07, 6.45) is -4.88. The van der Waals surface area contributed by atoms with E-state index in [9.17, 15) is 22.8 Å². The van der Waals surface area contributed by atoms with Crippen LogP contribution in [0.1, 0.15) is 13.3 Å². The van der Waals surface area contributed by atoms with Crippen molar-refractivity contribution < 1.29 is 27.9 Å². The van der Waals surface area contributed by atoms with Crippen LogP contribution >= 0.6 is 0 Å².